The minimum absolute atomic E-state index is 0.386. The smallest absolute Gasteiger partial charge is 0.148 e. The zero-order valence-electron chi connectivity index (χ0n) is 14.0. The number of nitrogens with two attached hydrogens (primary N) is 1. The lowest BCUT2D eigenvalue weighted by molar-refractivity contribution is 0.220. The summed E-state index contributed by atoms with van der Waals surface area (Å²) in [6.45, 7) is 13.1. The largest absolute Gasteiger partial charge is 0.356 e. The molecule has 1 atom stereocenters. The van der Waals surface area contributed by atoms with E-state index in [1.54, 1.807) is 0 Å². The molecule has 2 heterocycles. The summed E-state index contributed by atoms with van der Waals surface area (Å²) < 4.78 is 0. The maximum Gasteiger partial charge on any atom is 0.148 e. The van der Waals surface area contributed by atoms with Gasteiger partial charge in [0.05, 0.1) is 0 Å². The molecule has 21 heavy (non-hydrogen) atoms. The van der Waals surface area contributed by atoms with Gasteiger partial charge in [0.1, 0.15) is 17.5 Å². The number of nitrogens with one attached hydrogen (secondary N) is 1. The van der Waals surface area contributed by atoms with Crippen LogP contribution < -0.4 is 16.2 Å². The molecular formula is C16H29N5. The van der Waals surface area contributed by atoms with E-state index in [0.717, 1.165) is 42.0 Å². The topological polar surface area (TPSA) is 67.1 Å². The van der Waals surface area contributed by atoms with Crippen molar-refractivity contribution in [2.75, 3.05) is 23.4 Å². The molecule has 1 aromatic rings. The van der Waals surface area contributed by atoms with E-state index in [4.69, 9.17) is 5.84 Å². The summed E-state index contributed by atoms with van der Waals surface area (Å²) in [5, 5.41) is 0. The van der Waals surface area contributed by atoms with Crippen LogP contribution in [0.15, 0.2) is 0 Å². The van der Waals surface area contributed by atoms with E-state index in [1.807, 2.05) is 13.8 Å². The van der Waals surface area contributed by atoms with E-state index < -0.39 is 0 Å². The highest BCUT2D eigenvalue weighted by Crippen LogP contribution is 2.35. The van der Waals surface area contributed by atoms with E-state index in [-0.39, 0.29) is 0 Å². The quantitative estimate of drug-likeness (QED) is 0.647. The first-order valence-corrected chi connectivity index (χ1v) is 7.89. The molecule has 0 aliphatic carbocycles. The first-order valence-electron chi connectivity index (χ1n) is 7.89. The van der Waals surface area contributed by atoms with Crippen molar-refractivity contribution in [3.05, 3.63) is 11.4 Å². The van der Waals surface area contributed by atoms with E-state index in [0.29, 0.717) is 5.41 Å². The Bertz CT molecular complexity index is 492. The van der Waals surface area contributed by atoms with Gasteiger partial charge < -0.3 is 10.3 Å². The number of anilines is 2. The molecule has 0 spiro atoms. The molecule has 118 valence electrons. The summed E-state index contributed by atoms with van der Waals surface area (Å²) in [6, 6.07) is 0. The number of hydrogen-bond acceptors (Lipinski definition) is 5. The Morgan fingerprint density at radius 2 is 1.86 bits per heavy atom. The van der Waals surface area contributed by atoms with E-state index >= 15 is 0 Å². The van der Waals surface area contributed by atoms with Crippen LogP contribution in [0.4, 0.5) is 11.6 Å². The van der Waals surface area contributed by atoms with Crippen molar-refractivity contribution in [2.45, 2.75) is 53.9 Å². The Kier molecular flexibility index (Phi) is 4.71. The highest BCUT2D eigenvalue weighted by molar-refractivity contribution is 5.58. The highest BCUT2D eigenvalue weighted by Gasteiger charge is 2.28. The number of nitrogen functional groups attached to an aromatic ring is 1. The van der Waals surface area contributed by atoms with Crippen LogP contribution in [-0.2, 0) is 0 Å². The molecule has 1 saturated heterocycles. The molecule has 0 radical (unpaired) electrons. The van der Waals surface area contributed by atoms with Crippen LogP contribution in [0, 0.1) is 25.2 Å². The zero-order valence-corrected chi connectivity index (χ0v) is 14.0. The summed E-state index contributed by atoms with van der Waals surface area (Å²) in [5.41, 5.74) is 4.11. The monoisotopic (exact) mass is 291 g/mol. The standard InChI is InChI=1S/C16H29N5/c1-11-14(20-17)18-12(2)19-15(11)21-9-6-7-13(8-10-21)16(3,4)5/h13H,6-10,17H2,1-5H3,(H,18,19,20). The van der Waals surface area contributed by atoms with Gasteiger partial charge in [-0.2, -0.15) is 0 Å². The SMILES string of the molecule is Cc1nc(NN)c(C)c(N2CCCC(C(C)(C)C)CC2)n1. The third-order valence-electron chi connectivity index (χ3n) is 4.62. The van der Waals surface area contributed by atoms with Crippen molar-refractivity contribution in [3.8, 4) is 0 Å². The Morgan fingerprint density at radius 1 is 1.14 bits per heavy atom. The zero-order chi connectivity index (χ0) is 15.6. The molecule has 0 bridgehead atoms. The average Bonchev–Trinajstić information content (AvgIpc) is 2.66. The van der Waals surface area contributed by atoms with Gasteiger partial charge in [0.25, 0.3) is 0 Å². The van der Waals surface area contributed by atoms with Gasteiger partial charge >= 0.3 is 0 Å². The predicted molar refractivity (Wildman–Crippen MR) is 88.3 cm³/mol. The van der Waals surface area contributed by atoms with Gasteiger partial charge in [0.2, 0.25) is 0 Å². The van der Waals surface area contributed by atoms with E-state index in [1.165, 1.54) is 19.3 Å². The van der Waals surface area contributed by atoms with Gasteiger partial charge in [-0.15, -0.1) is 0 Å². The van der Waals surface area contributed by atoms with Crippen molar-refractivity contribution >= 4 is 11.6 Å². The average molecular weight is 291 g/mol. The molecule has 1 aliphatic heterocycles. The van der Waals surface area contributed by atoms with Gasteiger partial charge in [-0.05, 0) is 44.4 Å². The lowest BCUT2D eigenvalue weighted by Gasteiger charge is -2.30. The molecule has 3 N–H and O–H groups in total. The van der Waals surface area contributed by atoms with Crippen LogP contribution in [0.1, 0.15) is 51.4 Å². The van der Waals surface area contributed by atoms with Gasteiger partial charge in [0.15, 0.2) is 0 Å². The van der Waals surface area contributed by atoms with Crippen LogP contribution in [0.2, 0.25) is 0 Å². The number of aryl methyl sites for hydroxylation is 1. The molecule has 1 aromatic heterocycles. The van der Waals surface area contributed by atoms with Crippen molar-refractivity contribution in [1.29, 1.82) is 0 Å². The predicted octanol–water partition coefficient (Wildman–Crippen LogP) is 3.03. The molecule has 0 amide bonds. The molecule has 1 fully saturated rings. The van der Waals surface area contributed by atoms with Gasteiger partial charge in [-0.3, -0.25) is 0 Å². The van der Waals surface area contributed by atoms with Crippen molar-refractivity contribution in [1.82, 2.24) is 9.97 Å². The maximum atomic E-state index is 5.57. The van der Waals surface area contributed by atoms with Crippen molar-refractivity contribution < 1.29 is 0 Å². The second-order valence-corrected chi connectivity index (χ2v) is 7.19. The van der Waals surface area contributed by atoms with E-state index in [9.17, 15) is 0 Å². The Morgan fingerprint density at radius 3 is 2.48 bits per heavy atom. The first kappa shape index (κ1) is 16.0. The molecule has 0 saturated carbocycles. The van der Waals surface area contributed by atoms with E-state index in [2.05, 4.69) is 41.1 Å². The minimum atomic E-state index is 0.386. The second kappa shape index (κ2) is 6.18. The highest BCUT2D eigenvalue weighted by atomic mass is 15.3. The lowest BCUT2D eigenvalue weighted by atomic mass is 9.77. The maximum absolute atomic E-state index is 5.57. The Balaban J connectivity index is 2.22. The number of nitrogens with zero attached hydrogens (tertiary/aromatic N) is 3. The van der Waals surface area contributed by atoms with Gasteiger partial charge in [-0.1, -0.05) is 20.8 Å². The fourth-order valence-corrected chi connectivity index (χ4v) is 3.24. The van der Waals surface area contributed by atoms with Crippen LogP contribution in [0.3, 0.4) is 0 Å². The van der Waals surface area contributed by atoms with Crippen molar-refractivity contribution in [2.24, 2.45) is 17.2 Å². The van der Waals surface area contributed by atoms with Gasteiger partial charge in [0, 0.05) is 18.7 Å². The molecule has 5 heteroatoms. The normalized spacial score (nSPS) is 20.3. The molecule has 1 unspecified atom stereocenters. The summed E-state index contributed by atoms with van der Waals surface area (Å²) >= 11 is 0. The third-order valence-corrected chi connectivity index (χ3v) is 4.62. The number of aromatic nitrogens is 2. The number of hydrazine groups is 1. The van der Waals surface area contributed by atoms with Crippen LogP contribution in [-0.4, -0.2) is 23.1 Å². The Hall–Kier alpha value is -1.36. The summed E-state index contributed by atoms with van der Waals surface area (Å²) in [5.74, 6) is 8.87. The summed E-state index contributed by atoms with van der Waals surface area (Å²) in [6.07, 6.45) is 3.73. The molecule has 0 aromatic carbocycles. The lowest BCUT2D eigenvalue weighted by Crippen LogP contribution is -2.28. The summed E-state index contributed by atoms with van der Waals surface area (Å²) in [7, 11) is 0. The van der Waals surface area contributed by atoms with Gasteiger partial charge in [-0.25, -0.2) is 15.8 Å². The second-order valence-electron chi connectivity index (χ2n) is 7.19. The van der Waals surface area contributed by atoms with Crippen LogP contribution in [0.25, 0.3) is 0 Å². The van der Waals surface area contributed by atoms with Crippen molar-refractivity contribution in [3.63, 3.8) is 0 Å². The molecular weight excluding hydrogens is 262 g/mol. The molecule has 1 aliphatic rings. The fourth-order valence-electron chi connectivity index (χ4n) is 3.24. The van der Waals surface area contributed by atoms with Crippen LogP contribution >= 0.6 is 0 Å². The minimum Gasteiger partial charge on any atom is -0.356 e. The number of hydrogen-bond donors (Lipinski definition) is 2. The molecule has 5 nitrogen and oxygen atoms in total. The molecule has 2 rings (SSSR count). The number of rotatable bonds is 2. The van der Waals surface area contributed by atoms with Crippen LogP contribution in [0.5, 0.6) is 0 Å². The summed E-state index contributed by atoms with van der Waals surface area (Å²) in [4.78, 5) is 11.4. The fraction of sp³-hybridized carbons (Fsp3) is 0.750. The third kappa shape index (κ3) is 3.64. The first-order chi connectivity index (χ1) is 9.82. The Labute approximate surface area is 128 Å².